The largest absolute Gasteiger partial charge is 0.384 e. The van der Waals surface area contributed by atoms with E-state index in [1.54, 1.807) is 25.3 Å². The maximum absolute atomic E-state index is 11.8. The predicted octanol–water partition coefficient (Wildman–Crippen LogP) is 0.858. The predicted molar refractivity (Wildman–Crippen MR) is 75.5 cm³/mol. The first-order valence-electron chi connectivity index (χ1n) is 5.97. The van der Waals surface area contributed by atoms with Crippen LogP contribution >= 0.6 is 12.6 Å². The number of thiol groups is 1. The van der Waals surface area contributed by atoms with Crippen molar-refractivity contribution >= 4 is 24.4 Å². The maximum Gasteiger partial charge on any atom is 0.252 e. The van der Waals surface area contributed by atoms with E-state index in [1.807, 2.05) is 6.07 Å². The van der Waals surface area contributed by atoms with Gasteiger partial charge in [-0.2, -0.15) is 0 Å². The second-order valence-electron chi connectivity index (χ2n) is 3.87. The number of amides is 2. The molecule has 2 amide bonds. The van der Waals surface area contributed by atoms with Crippen LogP contribution in [0.15, 0.2) is 29.2 Å². The highest BCUT2D eigenvalue weighted by Crippen LogP contribution is 2.12. The van der Waals surface area contributed by atoms with E-state index in [4.69, 9.17) is 4.74 Å². The lowest BCUT2D eigenvalue weighted by Crippen LogP contribution is -2.35. The average molecular weight is 282 g/mol. The van der Waals surface area contributed by atoms with Crippen LogP contribution < -0.4 is 10.6 Å². The summed E-state index contributed by atoms with van der Waals surface area (Å²) in [7, 11) is 1.54. The topological polar surface area (TPSA) is 67.4 Å². The molecular weight excluding hydrogens is 264 g/mol. The van der Waals surface area contributed by atoms with Gasteiger partial charge < -0.3 is 15.4 Å². The number of rotatable bonds is 7. The summed E-state index contributed by atoms with van der Waals surface area (Å²) in [6.45, 7) is 1.16. The monoisotopic (exact) mass is 282 g/mol. The number of hydrogen-bond donors (Lipinski definition) is 3. The Morgan fingerprint density at radius 3 is 2.58 bits per heavy atom. The Balaban J connectivity index is 2.25. The molecule has 0 saturated carbocycles. The fourth-order valence-electron chi connectivity index (χ4n) is 1.42. The van der Waals surface area contributed by atoms with Gasteiger partial charge in [-0.25, -0.2) is 0 Å². The molecule has 19 heavy (non-hydrogen) atoms. The van der Waals surface area contributed by atoms with E-state index in [0.717, 1.165) is 0 Å². The number of benzene rings is 1. The molecule has 0 aromatic heterocycles. The first kappa shape index (κ1) is 15.5. The zero-order chi connectivity index (χ0) is 14.1. The second-order valence-corrected chi connectivity index (χ2v) is 4.35. The Bertz CT molecular complexity index is 438. The van der Waals surface area contributed by atoms with Crippen molar-refractivity contribution < 1.29 is 14.3 Å². The fraction of sp³-hybridized carbons (Fsp3) is 0.385. The molecule has 1 aromatic rings. The van der Waals surface area contributed by atoms with E-state index >= 15 is 0 Å². The molecule has 0 bridgehead atoms. The highest BCUT2D eigenvalue weighted by atomic mass is 32.1. The minimum absolute atomic E-state index is 0.0919. The number of carbonyl (C=O) groups excluding carboxylic acids is 2. The van der Waals surface area contributed by atoms with Crippen LogP contribution in [0.3, 0.4) is 0 Å². The lowest BCUT2D eigenvalue weighted by molar-refractivity contribution is -0.121. The third-order valence-corrected chi connectivity index (χ3v) is 2.80. The van der Waals surface area contributed by atoms with E-state index in [2.05, 4.69) is 23.3 Å². The second kappa shape index (κ2) is 8.55. The van der Waals surface area contributed by atoms with Gasteiger partial charge in [-0.1, -0.05) is 12.1 Å². The van der Waals surface area contributed by atoms with Crippen molar-refractivity contribution in [2.75, 3.05) is 26.8 Å². The number of ether oxygens (including phenoxy) is 1. The molecule has 1 rings (SSSR count). The van der Waals surface area contributed by atoms with Gasteiger partial charge in [0.25, 0.3) is 5.91 Å². The zero-order valence-electron chi connectivity index (χ0n) is 10.8. The Hall–Kier alpha value is -1.53. The van der Waals surface area contributed by atoms with Crippen molar-refractivity contribution in [3.63, 3.8) is 0 Å². The van der Waals surface area contributed by atoms with Gasteiger partial charge in [0.05, 0.1) is 12.2 Å². The van der Waals surface area contributed by atoms with Crippen molar-refractivity contribution in [3.05, 3.63) is 29.8 Å². The summed E-state index contributed by atoms with van der Waals surface area (Å²) in [5.41, 5.74) is 0.525. The van der Waals surface area contributed by atoms with Crippen LogP contribution in [0.1, 0.15) is 16.8 Å². The highest BCUT2D eigenvalue weighted by Gasteiger charge is 2.07. The Labute approximate surface area is 118 Å². The molecule has 0 aliphatic carbocycles. The molecule has 0 atom stereocenters. The summed E-state index contributed by atoms with van der Waals surface area (Å²) in [4.78, 5) is 23.7. The third-order valence-electron chi connectivity index (χ3n) is 2.41. The van der Waals surface area contributed by atoms with Gasteiger partial charge in [0.1, 0.15) is 0 Å². The molecule has 0 spiro atoms. The van der Waals surface area contributed by atoms with Crippen molar-refractivity contribution in [3.8, 4) is 0 Å². The molecule has 0 heterocycles. The van der Waals surface area contributed by atoms with Crippen molar-refractivity contribution in [1.29, 1.82) is 0 Å². The van der Waals surface area contributed by atoms with Crippen LogP contribution in [-0.2, 0) is 9.53 Å². The fourth-order valence-corrected chi connectivity index (χ4v) is 1.68. The molecule has 6 heteroatoms. The lowest BCUT2D eigenvalue weighted by atomic mass is 10.2. The molecule has 0 radical (unpaired) electrons. The van der Waals surface area contributed by atoms with Crippen LogP contribution in [0.5, 0.6) is 0 Å². The molecule has 0 saturated heterocycles. The first-order valence-corrected chi connectivity index (χ1v) is 6.41. The van der Waals surface area contributed by atoms with Gasteiger partial charge in [-0.3, -0.25) is 9.59 Å². The molecule has 2 N–H and O–H groups in total. The summed E-state index contributed by atoms with van der Waals surface area (Å²) in [5.74, 6) is -0.289. The molecule has 1 aromatic carbocycles. The minimum atomic E-state index is -0.197. The highest BCUT2D eigenvalue weighted by molar-refractivity contribution is 7.80. The van der Waals surface area contributed by atoms with E-state index in [0.29, 0.717) is 36.6 Å². The standard InChI is InChI=1S/C13H18N2O3S/c1-18-9-6-12(16)14-7-8-15-13(17)10-4-2-3-5-11(10)19/h2-5,19H,6-9H2,1H3,(H,14,16)(H,15,17). The smallest absolute Gasteiger partial charge is 0.252 e. The van der Waals surface area contributed by atoms with Crippen molar-refractivity contribution in [1.82, 2.24) is 10.6 Å². The molecule has 0 aliphatic rings. The normalized spacial score (nSPS) is 10.0. The molecule has 0 fully saturated rings. The molecule has 0 unspecified atom stereocenters. The summed E-state index contributed by atoms with van der Waals surface area (Å²) >= 11 is 4.21. The quantitative estimate of drug-likeness (QED) is 0.513. The Kier molecular flexibility index (Phi) is 6.99. The SMILES string of the molecule is COCCC(=O)NCCNC(=O)c1ccccc1S. The summed E-state index contributed by atoms with van der Waals surface area (Å²) in [5, 5.41) is 5.40. The third kappa shape index (κ3) is 5.76. The van der Waals surface area contributed by atoms with Crippen molar-refractivity contribution in [2.45, 2.75) is 11.3 Å². The minimum Gasteiger partial charge on any atom is -0.384 e. The molecular formula is C13H18N2O3S. The van der Waals surface area contributed by atoms with Gasteiger partial charge in [-0.15, -0.1) is 12.6 Å². The van der Waals surface area contributed by atoms with Gasteiger partial charge in [0.15, 0.2) is 0 Å². The van der Waals surface area contributed by atoms with E-state index in [9.17, 15) is 9.59 Å². The summed E-state index contributed by atoms with van der Waals surface area (Å²) in [6.07, 6.45) is 0.323. The van der Waals surface area contributed by atoms with E-state index in [-0.39, 0.29) is 11.8 Å². The molecule has 0 aliphatic heterocycles. The van der Waals surface area contributed by atoms with Gasteiger partial charge in [-0.05, 0) is 12.1 Å². The van der Waals surface area contributed by atoms with Crippen LogP contribution in [0.25, 0.3) is 0 Å². The number of nitrogens with one attached hydrogen (secondary N) is 2. The maximum atomic E-state index is 11.8. The summed E-state index contributed by atoms with van der Waals surface area (Å²) < 4.78 is 4.79. The Morgan fingerprint density at radius 2 is 1.89 bits per heavy atom. The number of carbonyl (C=O) groups is 2. The Morgan fingerprint density at radius 1 is 1.21 bits per heavy atom. The van der Waals surface area contributed by atoms with Crippen molar-refractivity contribution in [2.24, 2.45) is 0 Å². The van der Waals surface area contributed by atoms with Crippen LogP contribution in [0, 0.1) is 0 Å². The number of methoxy groups -OCH3 is 1. The zero-order valence-corrected chi connectivity index (χ0v) is 11.7. The first-order chi connectivity index (χ1) is 9.15. The lowest BCUT2D eigenvalue weighted by Gasteiger charge is -2.08. The van der Waals surface area contributed by atoms with Gasteiger partial charge >= 0.3 is 0 Å². The summed E-state index contributed by atoms with van der Waals surface area (Å²) in [6, 6.07) is 7.05. The van der Waals surface area contributed by atoms with Gasteiger partial charge in [0.2, 0.25) is 5.91 Å². The van der Waals surface area contributed by atoms with Gasteiger partial charge in [0, 0.05) is 31.5 Å². The molecule has 5 nitrogen and oxygen atoms in total. The van der Waals surface area contributed by atoms with E-state index in [1.165, 1.54) is 0 Å². The number of hydrogen-bond acceptors (Lipinski definition) is 4. The van der Waals surface area contributed by atoms with Crippen LogP contribution in [0.4, 0.5) is 0 Å². The molecule has 104 valence electrons. The van der Waals surface area contributed by atoms with Crippen LogP contribution in [0.2, 0.25) is 0 Å². The van der Waals surface area contributed by atoms with E-state index < -0.39 is 0 Å². The average Bonchev–Trinajstić information content (AvgIpc) is 2.41. The van der Waals surface area contributed by atoms with Crippen LogP contribution in [-0.4, -0.2) is 38.6 Å².